The Morgan fingerprint density at radius 2 is 0.576 bits per heavy atom. The predicted molar refractivity (Wildman–Crippen MR) is 249 cm³/mol. The fourth-order valence-corrected chi connectivity index (χ4v) is 12.3. The summed E-state index contributed by atoms with van der Waals surface area (Å²) in [6.45, 7) is 0. The summed E-state index contributed by atoms with van der Waals surface area (Å²) < 4.78 is 22.9. The molecule has 0 N–H and O–H groups in total. The fourth-order valence-electron chi connectivity index (χ4n) is 9.64. The molecule has 0 saturated heterocycles. The lowest BCUT2D eigenvalue weighted by molar-refractivity contribution is 0.592. The minimum atomic E-state index is -3.17. The average Bonchev–Trinajstić information content (AvgIpc) is 3.96. The van der Waals surface area contributed by atoms with E-state index in [0.717, 1.165) is 60.6 Å². The molecule has 0 amide bonds. The summed E-state index contributed by atoms with van der Waals surface area (Å²) in [5.74, 6) is 0. The van der Waals surface area contributed by atoms with Crippen molar-refractivity contribution < 1.29 is 4.57 Å². The normalized spacial score (nSPS) is 12.1. The van der Waals surface area contributed by atoms with Crippen molar-refractivity contribution in [3.8, 4) is 17.1 Å². The van der Waals surface area contributed by atoms with Crippen molar-refractivity contribution in [1.82, 2.24) is 13.7 Å². The Bertz CT molecular complexity index is 3560. The number of hydrogen-bond donors (Lipinski definition) is 0. The maximum Gasteiger partial charge on any atom is 0.171 e. The van der Waals surface area contributed by atoms with Gasteiger partial charge in [0.05, 0.1) is 33.1 Å². The van der Waals surface area contributed by atoms with E-state index in [-0.39, 0.29) is 0 Å². The molecule has 0 aliphatic rings. The zero-order valence-corrected chi connectivity index (χ0v) is 32.9. The van der Waals surface area contributed by atoms with Crippen molar-refractivity contribution in [2.24, 2.45) is 0 Å². The van der Waals surface area contributed by atoms with E-state index in [2.05, 4.69) is 171 Å². The molecule has 0 atom stereocenters. The Morgan fingerprint density at radius 1 is 0.271 bits per heavy atom. The third-order valence-corrected chi connectivity index (χ3v) is 15.2. The van der Waals surface area contributed by atoms with Crippen LogP contribution in [-0.2, 0) is 4.57 Å². The molecule has 3 aromatic heterocycles. The van der Waals surface area contributed by atoms with E-state index in [1.807, 2.05) is 60.7 Å². The Hall–Kier alpha value is -7.39. The third kappa shape index (κ3) is 4.81. The number of para-hydroxylation sites is 5. The van der Waals surface area contributed by atoms with Gasteiger partial charge in [-0.2, -0.15) is 0 Å². The molecule has 9 aromatic carbocycles. The number of aromatic nitrogens is 3. The maximum absolute atomic E-state index is 15.5. The highest BCUT2D eigenvalue weighted by atomic mass is 31.2. The molecule has 0 bridgehead atoms. The van der Waals surface area contributed by atoms with Crippen LogP contribution in [0.25, 0.3) is 82.5 Å². The van der Waals surface area contributed by atoms with Gasteiger partial charge in [0.25, 0.3) is 0 Å². The van der Waals surface area contributed by atoms with Crippen LogP contribution in [0.5, 0.6) is 0 Å². The number of fused-ring (bicyclic) bond motifs is 12. The number of hydrogen-bond acceptors (Lipinski definition) is 1. The molecule has 0 spiro atoms. The van der Waals surface area contributed by atoms with Gasteiger partial charge in [-0.05, 0) is 66.7 Å². The first-order chi connectivity index (χ1) is 29.2. The van der Waals surface area contributed by atoms with Gasteiger partial charge in [-0.3, -0.25) is 0 Å². The van der Waals surface area contributed by atoms with Crippen LogP contribution in [0.15, 0.2) is 218 Å². The molecule has 0 fully saturated rings. The van der Waals surface area contributed by atoms with Crippen LogP contribution in [-0.4, -0.2) is 13.7 Å². The zero-order chi connectivity index (χ0) is 39.1. The SMILES string of the molecule is O=P(c1ccccc1)(c1ccccc1)c1ccc(-n2c3ccccc3c3c4c5ccccc5n(-c5ccccc5)c4c4c(c5ccccc5n4-c4ccccc4)c32)cc1. The second-order valence-electron chi connectivity index (χ2n) is 15.2. The Morgan fingerprint density at radius 3 is 1.03 bits per heavy atom. The van der Waals surface area contributed by atoms with E-state index < -0.39 is 7.14 Å². The van der Waals surface area contributed by atoms with E-state index >= 15 is 4.57 Å². The van der Waals surface area contributed by atoms with Crippen molar-refractivity contribution in [3.63, 3.8) is 0 Å². The van der Waals surface area contributed by atoms with Crippen LogP contribution in [0.2, 0.25) is 0 Å². The smallest absolute Gasteiger partial charge is 0.171 e. The lowest BCUT2D eigenvalue weighted by Gasteiger charge is -2.20. The Kier molecular flexibility index (Phi) is 7.47. The fraction of sp³-hybridized carbons (Fsp3) is 0. The van der Waals surface area contributed by atoms with E-state index in [1.165, 1.54) is 37.8 Å². The summed E-state index contributed by atoms with van der Waals surface area (Å²) in [5, 5.41) is 9.64. The highest BCUT2D eigenvalue weighted by molar-refractivity contribution is 7.85. The first kappa shape index (κ1) is 33.7. The van der Waals surface area contributed by atoms with Crippen LogP contribution >= 0.6 is 7.14 Å². The van der Waals surface area contributed by atoms with Gasteiger partial charge in [0.2, 0.25) is 0 Å². The maximum atomic E-state index is 15.5. The lowest BCUT2D eigenvalue weighted by atomic mass is 10.0. The highest BCUT2D eigenvalue weighted by Crippen LogP contribution is 2.50. The van der Waals surface area contributed by atoms with Crippen LogP contribution < -0.4 is 15.9 Å². The van der Waals surface area contributed by atoms with Crippen molar-refractivity contribution in [2.75, 3.05) is 0 Å². The minimum absolute atomic E-state index is 0.804. The van der Waals surface area contributed by atoms with Gasteiger partial charge in [0, 0.05) is 65.3 Å². The summed E-state index contributed by atoms with van der Waals surface area (Å²) in [6, 6.07) is 76.4. The van der Waals surface area contributed by atoms with E-state index in [0.29, 0.717) is 0 Å². The minimum Gasteiger partial charge on any atom is -0.309 e. The topological polar surface area (TPSA) is 31.9 Å². The second-order valence-corrected chi connectivity index (χ2v) is 18.0. The Labute approximate surface area is 340 Å². The Balaban J connectivity index is 1.27. The number of nitrogens with zero attached hydrogens (tertiary/aromatic N) is 3. The molecule has 12 rings (SSSR count). The zero-order valence-electron chi connectivity index (χ0n) is 32.0. The molecule has 5 heteroatoms. The van der Waals surface area contributed by atoms with Crippen molar-refractivity contribution in [1.29, 1.82) is 0 Å². The summed E-state index contributed by atoms with van der Waals surface area (Å²) in [4.78, 5) is 0. The van der Waals surface area contributed by atoms with Crippen LogP contribution in [0.4, 0.5) is 0 Å². The van der Waals surface area contributed by atoms with Crippen molar-refractivity contribution in [2.45, 2.75) is 0 Å². The lowest BCUT2D eigenvalue weighted by Crippen LogP contribution is -2.24. The highest BCUT2D eigenvalue weighted by Gasteiger charge is 2.31. The quantitative estimate of drug-likeness (QED) is 0.155. The standard InChI is InChI=1S/C54H36N3OP/c58-59(40-23-9-3-10-24-40,41-25-11-4-12-26-41)42-35-33-39(34-36-42)55-46-30-16-13-27-43(46)49-50-44-28-14-17-31-47(44)56(37-19-5-1-6-20-37)53(50)54-51(52(49)55)45-29-15-18-32-48(45)57(54)38-21-7-2-8-22-38/h1-36H. The molecule has 59 heavy (non-hydrogen) atoms. The predicted octanol–water partition coefficient (Wildman–Crippen LogP) is 12.6. The first-order valence-electron chi connectivity index (χ1n) is 20.1. The van der Waals surface area contributed by atoms with E-state index in [4.69, 9.17) is 0 Å². The van der Waals surface area contributed by atoms with Gasteiger partial charge in [-0.25, -0.2) is 0 Å². The molecule has 0 unspecified atom stereocenters. The van der Waals surface area contributed by atoms with Crippen LogP contribution in [0, 0.1) is 0 Å². The van der Waals surface area contributed by atoms with Crippen LogP contribution in [0.1, 0.15) is 0 Å². The summed E-state index contributed by atoms with van der Waals surface area (Å²) in [5.41, 5.74) is 10.1. The van der Waals surface area contributed by atoms with E-state index in [1.54, 1.807) is 0 Å². The third-order valence-electron chi connectivity index (χ3n) is 12.1. The summed E-state index contributed by atoms with van der Waals surface area (Å²) in [7, 11) is -3.17. The summed E-state index contributed by atoms with van der Waals surface area (Å²) in [6.07, 6.45) is 0. The molecule has 0 aliphatic heterocycles. The van der Waals surface area contributed by atoms with E-state index in [9.17, 15) is 0 Å². The molecule has 0 aliphatic carbocycles. The second kappa shape index (κ2) is 13.1. The van der Waals surface area contributed by atoms with Crippen molar-refractivity contribution >= 4 is 88.5 Å². The van der Waals surface area contributed by atoms with Gasteiger partial charge in [-0.1, -0.05) is 152 Å². The monoisotopic (exact) mass is 773 g/mol. The number of benzene rings is 9. The molecule has 4 nitrogen and oxygen atoms in total. The molecule has 0 saturated carbocycles. The molecule has 12 aromatic rings. The van der Waals surface area contributed by atoms with Gasteiger partial charge in [0.15, 0.2) is 7.14 Å². The van der Waals surface area contributed by atoms with Gasteiger partial charge < -0.3 is 18.3 Å². The number of rotatable bonds is 6. The van der Waals surface area contributed by atoms with Crippen molar-refractivity contribution in [3.05, 3.63) is 218 Å². The van der Waals surface area contributed by atoms with Gasteiger partial charge in [-0.15, -0.1) is 0 Å². The molecular weight excluding hydrogens is 738 g/mol. The van der Waals surface area contributed by atoms with Gasteiger partial charge in [0.1, 0.15) is 0 Å². The largest absolute Gasteiger partial charge is 0.309 e. The first-order valence-corrected chi connectivity index (χ1v) is 21.8. The summed E-state index contributed by atoms with van der Waals surface area (Å²) >= 11 is 0. The van der Waals surface area contributed by atoms with Crippen LogP contribution in [0.3, 0.4) is 0 Å². The molecule has 278 valence electrons. The van der Waals surface area contributed by atoms with Gasteiger partial charge >= 0.3 is 0 Å². The molecule has 0 radical (unpaired) electrons. The molecule has 3 heterocycles. The molecular formula is C54H36N3OP. The average molecular weight is 774 g/mol.